The van der Waals surface area contributed by atoms with Crippen molar-refractivity contribution < 1.29 is 18.8 Å². The molecular weight excluding hydrogens is 372 g/mol. The van der Waals surface area contributed by atoms with Gasteiger partial charge in [0.2, 0.25) is 0 Å². The van der Waals surface area contributed by atoms with Crippen LogP contribution in [0.4, 0.5) is 5.82 Å². The Morgan fingerprint density at radius 3 is 2.58 bits per heavy atom. The fourth-order valence-corrected chi connectivity index (χ4v) is 5.29. The minimum absolute atomic E-state index is 0.294. The van der Waals surface area contributed by atoms with Gasteiger partial charge in [0.25, 0.3) is 5.91 Å². The van der Waals surface area contributed by atoms with E-state index in [0.717, 1.165) is 0 Å². The number of hydrogen-bond donors (Lipinski definition) is 1. The van der Waals surface area contributed by atoms with E-state index in [4.69, 9.17) is 9.26 Å². The number of carbonyl (C=O) groups excluding carboxylic acids is 2. The summed E-state index contributed by atoms with van der Waals surface area (Å²) in [4.78, 5) is 24.3. The van der Waals surface area contributed by atoms with Crippen LogP contribution >= 0.6 is 23.5 Å². The number of nitrogens with zero attached hydrogens (tertiary/aromatic N) is 1. The largest absolute Gasteiger partial charge is 0.449 e. The summed E-state index contributed by atoms with van der Waals surface area (Å²) in [6, 6.07) is 9.00. The van der Waals surface area contributed by atoms with Gasteiger partial charge in [-0.05, 0) is 49.5 Å². The normalized spacial score (nSPS) is 16.1. The van der Waals surface area contributed by atoms with Crippen molar-refractivity contribution in [3.05, 3.63) is 47.2 Å². The van der Waals surface area contributed by atoms with Crippen LogP contribution in [0.25, 0.3) is 0 Å². The van der Waals surface area contributed by atoms with Crippen LogP contribution in [0.5, 0.6) is 0 Å². The zero-order valence-electron chi connectivity index (χ0n) is 14.6. The molecule has 138 valence electrons. The van der Waals surface area contributed by atoms with E-state index in [2.05, 4.69) is 10.5 Å². The Balaban J connectivity index is 1.55. The highest BCUT2D eigenvalue weighted by molar-refractivity contribution is 8.16. The van der Waals surface area contributed by atoms with Gasteiger partial charge in [0.1, 0.15) is 5.76 Å². The van der Waals surface area contributed by atoms with Gasteiger partial charge in [-0.1, -0.05) is 17.3 Å². The van der Waals surface area contributed by atoms with Crippen LogP contribution in [-0.4, -0.2) is 34.6 Å². The Kier molecular flexibility index (Phi) is 6.26. The molecule has 26 heavy (non-hydrogen) atoms. The van der Waals surface area contributed by atoms with Gasteiger partial charge >= 0.3 is 5.97 Å². The molecule has 1 N–H and O–H groups in total. The molecule has 1 saturated heterocycles. The monoisotopic (exact) mass is 392 g/mol. The maximum absolute atomic E-state index is 12.3. The fourth-order valence-electron chi connectivity index (χ4n) is 2.39. The summed E-state index contributed by atoms with van der Waals surface area (Å²) < 4.78 is 10.5. The van der Waals surface area contributed by atoms with Gasteiger partial charge in [-0.3, -0.25) is 4.79 Å². The second-order valence-electron chi connectivity index (χ2n) is 5.91. The van der Waals surface area contributed by atoms with E-state index in [1.165, 1.54) is 30.4 Å². The smallest absolute Gasteiger partial charge is 0.338 e. The van der Waals surface area contributed by atoms with Crippen LogP contribution in [0.2, 0.25) is 0 Å². The van der Waals surface area contributed by atoms with Crippen LogP contribution in [0.3, 0.4) is 0 Å². The Morgan fingerprint density at radius 1 is 1.27 bits per heavy atom. The highest BCUT2D eigenvalue weighted by atomic mass is 32.2. The summed E-state index contributed by atoms with van der Waals surface area (Å²) in [5.41, 5.74) is 1.62. The van der Waals surface area contributed by atoms with Crippen LogP contribution in [0.1, 0.15) is 39.6 Å². The number of esters is 1. The first-order valence-electron chi connectivity index (χ1n) is 8.31. The SMILES string of the molecule is Cc1cc(NC(=O)[C@@H](C)OC(=O)c2ccc(C3SCCCS3)cc2)no1. The van der Waals surface area contributed by atoms with E-state index < -0.39 is 18.0 Å². The molecule has 2 aromatic rings. The molecule has 0 spiro atoms. The average Bonchev–Trinajstić information content (AvgIpc) is 3.07. The third-order valence-electron chi connectivity index (χ3n) is 3.78. The van der Waals surface area contributed by atoms with Gasteiger partial charge in [0, 0.05) is 6.07 Å². The van der Waals surface area contributed by atoms with E-state index >= 15 is 0 Å². The number of hydrogen-bond acceptors (Lipinski definition) is 7. The molecule has 8 heteroatoms. The second kappa shape index (κ2) is 8.64. The number of ether oxygens (including phenoxy) is 1. The zero-order chi connectivity index (χ0) is 18.5. The maximum atomic E-state index is 12.3. The summed E-state index contributed by atoms with van der Waals surface area (Å²) in [6.07, 6.45) is 0.299. The Bertz CT molecular complexity index is 770. The molecule has 1 aliphatic heterocycles. The standard InChI is InChI=1S/C18H20N2O4S2/c1-11-10-15(20-24-11)19-16(21)12(2)23-17(22)13-4-6-14(7-5-13)18-25-8-3-9-26-18/h4-7,10,12,18H,3,8-9H2,1-2H3,(H,19,20,21)/t12-/m1/s1. The minimum atomic E-state index is -0.941. The van der Waals surface area contributed by atoms with Crippen LogP contribution < -0.4 is 5.32 Å². The summed E-state index contributed by atoms with van der Waals surface area (Å²) in [5.74, 6) is 2.22. The number of aryl methyl sites for hydroxylation is 1. The van der Waals surface area contributed by atoms with Crippen molar-refractivity contribution in [1.82, 2.24) is 5.16 Å². The number of benzene rings is 1. The van der Waals surface area contributed by atoms with Gasteiger partial charge in [0.15, 0.2) is 11.9 Å². The number of thioether (sulfide) groups is 2. The lowest BCUT2D eigenvalue weighted by Crippen LogP contribution is -2.30. The van der Waals surface area contributed by atoms with Crippen molar-refractivity contribution in [3.63, 3.8) is 0 Å². The molecule has 1 aromatic carbocycles. The van der Waals surface area contributed by atoms with Gasteiger partial charge in [-0.15, -0.1) is 23.5 Å². The molecule has 0 radical (unpaired) electrons. The maximum Gasteiger partial charge on any atom is 0.338 e. The van der Waals surface area contributed by atoms with Crippen LogP contribution in [0, 0.1) is 6.92 Å². The van der Waals surface area contributed by atoms with Gasteiger partial charge in [-0.25, -0.2) is 4.79 Å². The lowest BCUT2D eigenvalue weighted by atomic mass is 10.1. The Labute approximate surface area is 160 Å². The number of carbonyl (C=O) groups is 2. The van der Waals surface area contributed by atoms with Crippen molar-refractivity contribution in [2.45, 2.75) is 31.0 Å². The van der Waals surface area contributed by atoms with E-state index in [1.54, 1.807) is 25.1 Å². The third kappa shape index (κ3) is 4.82. The van der Waals surface area contributed by atoms with Crippen molar-refractivity contribution in [2.75, 3.05) is 16.8 Å². The molecule has 1 amide bonds. The zero-order valence-corrected chi connectivity index (χ0v) is 16.2. The Hall–Kier alpha value is -1.93. The fraction of sp³-hybridized carbons (Fsp3) is 0.389. The molecule has 0 bridgehead atoms. The molecule has 1 fully saturated rings. The molecule has 3 rings (SSSR count). The van der Waals surface area contributed by atoms with Crippen molar-refractivity contribution in [3.8, 4) is 0 Å². The molecule has 1 aromatic heterocycles. The molecule has 6 nitrogen and oxygen atoms in total. The van der Waals surface area contributed by atoms with Crippen LogP contribution in [-0.2, 0) is 9.53 Å². The molecule has 2 heterocycles. The third-order valence-corrected chi connectivity index (χ3v) is 6.79. The number of amides is 1. The average molecular weight is 393 g/mol. The summed E-state index contributed by atoms with van der Waals surface area (Å²) in [7, 11) is 0. The van der Waals surface area contributed by atoms with Gasteiger partial charge < -0.3 is 14.6 Å². The molecular formula is C18H20N2O4S2. The lowest BCUT2D eigenvalue weighted by molar-refractivity contribution is -0.123. The van der Waals surface area contributed by atoms with E-state index in [0.29, 0.717) is 21.7 Å². The summed E-state index contributed by atoms with van der Waals surface area (Å²) in [5, 5.41) is 6.22. The number of rotatable bonds is 5. The van der Waals surface area contributed by atoms with E-state index in [-0.39, 0.29) is 0 Å². The molecule has 0 saturated carbocycles. The number of nitrogens with one attached hydrogen (secondary N) is 1. The van der Waals surface area contributed by atoms with E-state index in [1.807, 2.05) is 35.7 Å². The minimum Gasteiger partial charge on any atom is -0.449 e. The van der Waals surface area contributed by atoms with Crippen molar-refractivity contribution >= 4 is 41.2 Å². The molecule has 1 atom stereocenters. The number of anilines is 1. The van der Waals surface area contributed by atoms with Gasteiger partial charge in [0.05, 0.1) is 10.1 Å². The van der Waals surface area contributed by atoms with Crippen molar-refractivity contribution in [2.24, 2.45) is 0 Å². The molecule has 1 aliphatic rings. The van der Waals surface area contributed by atoms with Crippen LogP contribution in [0.15, 0.2) is 34.9 Å². The predicted molar refractivity (Wildman–Crippen MR) is 103 cm³/mol. The predicted octanol–water partition coefficient (Wildman–Crippen LogP) is 4.04. The summed E-state index contributed by atoms with van der Waals surface area (Å²) >= 11 is 3.86. The first-order valence-corrected chi connectivity index (χ1v) is 10.4. The topological polar surface area (TPSA) is 81.4 Å². The molecule has 0 unspecified atom stereocenters. The quantitative estimate of drug-likeness (QED) is 0.769. The second-order valence-corrected chi connectivity index (χ2v) is 8.63. The van der Waals surface area contributed by atoms with Crippen molar-refractivity contribution in [1.29, 1.82) is 0 Å². The summed E-state index contributed by atoms with van der Waals surface area (Å²) in [6.45, 7) is 3.24. The highest BCUT2D eigenvalue weighted by Gasteiger charge is 2.21. The first-order chi connectivity index (χ1) is 12.5. The van der Waals surface area contributed by atoms with Gasteiger partial charge in [-0.2, -0.15) is 0 Å². The first kappa shape index (κ1) is 18.8. The Morgan fingerprint density at radius 2 is 1.96 bits per heavy atom. The van der Waals surface area contributed by atoms with E-state index in [9.17, 15) is 9.59 Å². The lowest BCUT2D eigenvalue weighted by Gasteiger charge is -2.21. The number of aromatic nitrogens is 1. The highest BCUT2D eigenvalue weighted by Crippen LogP contribution is 2.43. The molecule has 0 aliphatic carbocycles.